The van der Waals surface area contributed by atoms with Gasteiger partial charge in [0.2, 0.25) is 5.91 Å². The molecule has 1 aromatic heterocycles. The fourth-order valence-corrected chi connectivity index (χ4v) is 4.86. The number of halogens is 1. The van der Waals surface area contributed by atoms with Crippen LogP contribution < -0.4 is 5.32 Å². The number of nitrogens with zero attached hydrogens (tertiary/aromatic N) is 2. The molecule has 0 aliphatic carbocycles. The van der Waals surface area contributed by atoms with Crippen LogP contribution in [0.25, 0.3) is 11.1 Å². The van der Waals surface area contributed by atoms with E-state index in [0.29, 0.717) is 33.1 Å². The average Bonchev–Trinajstić information content (AvgIpc) is 2.99. The standard InChI is InChI=1S/C30H24ClN3O4/c1-18-5-4-6-20(13-18)25-14-19(8-10-23(25)30(37)38)17-34-27(16-22-7-2-3-12-32-22)28(35)33-26-15-21(31)9-11-24(26)29(34)36/h2-15,27H,16-17H2,1H3,(H,33,35)(H,37,38). The van der Waals surface area contributed by atoms with Crippen molar-refractivity contribution in [3.63, 3.8) is 0 Å². The monoisotopic (exact) mass is 525 g/mol. The first-order valence-corrected chi connectivity index (χ1v) is 12.4. The average molecular weight is 526 g/mol. The minimum absolute atomic E-state index is 0.0878. The van der Waals surface area contributed by atoms with Crippen LogP contribution in [0, 0.1) is 6.92 Å². The predicted molar refractivity (Wildman–Crippen MR) is 145 cm³/mol. The zero-order valence-corrected chi connectivity index (χ0v) is 21.3. The second-order valence-corrected chi connectivity index (χ2v) is 9.64. The van der Waals surface area contributed by atoms with Crippen LogP contribution in [0.4, 0.5) is 5.69 Å². The van der Waals surface area contributed by atoms with Gasteiger partial charge >= 0.3 is 5.97 Å². The van der Waals surface area contributed by atoms with Crippen molar-refractivity contribution in [2.45, 2.75) is 25.9 Å². The van der Waals surface area contributed by atoms with E-state index in [0.717, 1.165) is 11.1 Å². The van der Waals surface area contributed by atoms with Crippen molar-refractivity contribution in [3.05, 3.63) is 118 Å². The lowest BCUT2D eigenvalue weighted by Crippen LogP contribution is -2.46. The van der Waals surface area contributed by atoms with Crippen LogP contribution in [0.15, 0.2) is 85.1 Å². The molecule has 0 spiro atoms. The number of anilines is 1. The normalized spacial score (nSPS) is 15.0. The summed E-state index contributed by atoms with van der Waals surface area (Å²) < 4.78 is 0. The molecule has 0 radical (unpaired) electrons. The van der Waals surface area contributed by atoms with Gasteiger partial charge in [0.05, 0.1) is 16.8 Å². The van der Waals surface area contributed by atoms with E-state index in [9.17, 15) is 19.5 Å². The molecular weight excluding hydrogens is 502 g/mol. The first kappa shape index (κ1) is 25.2. The summed E-state index contributed by atoms with van der Waals surface area (Å²) in [5, 5.41) is 13.1. The smallest absolute Gasteiger partial charge is 0.336 e. The van der Waals surface area contributed by atoms with Gasteiger partial charge in [0, 0.05) is 29.9 Å². The van der Waals surface area contributed by atoms with Crippen molar-refractivity contribution in [1.82, 2.24) is 9.88 Å². The van der Waals surface area contributed by atoms with Gasteiger partial charge in [-0.25, -0.2) is 4.79 Å². The molecule has 5 rings (SSSR count). The molecule has 7 nitrogen and oxygen atoms in total. The topological polar surface area (TPSA) is 99.6 Å². The molecule has 2 amide bonds. The van der Waals surface area contributed by atoms with Crippen molar-refractivity contribution < 1.29 is 19.5 Å². The number of carbonyl (C=O) groups is 3. The molecule has 2 heterocycles. The number of hydrogen-bond donors (Lipinski definition) is 2. The number of aromatic nitrogens is 1. The molecule has 1 unspecified atom stereocenters. The van der Waals surface area contributed by atoms with Crippen molar-refractivity contribution in [3.8, 4) is 11.1 Å². The van der Waals surface area contributed by atoms with Crippen molar-refractivity contribution >= 4 is 35.1 Å². The number of aryl methyl sites for hydroxylation is 1. The zero-order valence-electron chi connectivity index (χ0n) is 20.5. The lowest BCUT2D eigenvalue weighted by Gasteiger charge is -2.29. The SMILES string of the molecule is Cc1cccc(-c2cc(CN3C(=O)c4ccc(Cl)cc4NC(=O)C3Cc3ccccn3)ccc2C(=O)O)c1. The molecule has 190 valence electrons. The molecule has 38 heavy (non-hydrogen) atoms. The molecule has 1 aliphatic heterocycles. The Bertz CT molecular complexity index is 1550. The molecular formula is C30H24ClN3O4. The highest BCUT2D eigenvalue weighted by Crippen LogP contribution is 2.31. The lowest BCUT2D eigenvalue weighted by molar-refractivity contribution is -0.120. The Morgan fingerprint density at radius 2 is 1.84 bits per heavy atom. The Labute approximate surface area is 224 Å². The molecule has 2 N–H and O–H groups in total. The number of aromatic carboxylic acids is 1. The van der Waals surface area contributed by atoms with E-state index in [4.69, 9.17) is 11.6 Å². The van der Waals surface area contributed by atoms with Crippen molar-refractivity contribution in [2.75, 3.05) is 5.32 Å². The maximum absolute atomic E-state index is 13.8. The van der Waals surface area contributed by atoms with Crippen molar-refractivity contribution in [1.29, 1.82) is 0 Å². The fourth-order valence-electron chi connectivity index (χ4n) is 4.69. The third-order valence-corrected chi connectivity index (χ3v) is 6.77. The predicted octanol–water partition coefficient (Wildman–Crippen LogP) is 5.61. The van der Waals surface area contributed by atoms with Crippen LogP contribution in [0.2, 0.25) is 5.02 Å². The number of carboxylic acid groups (broad SMARTS) is 1. The number of pyridine rings is 1. The molecule has 3 aromatic carbocycles. The van der Waals surface area contributed by atoms with E-state index in [2.05, 4.69) is 10.3 Å². The van der Waals surface area contributed by atoms with Crippen LogP contribution in [0.5, 0.6) is 0 Å². The molecule has 1 aliphatic rings. The van der Waals surface area contributed by atoms with Crippen molar-refractivity contribution in [2.24, 2.45) is 0 Å². The molecule has 4 aromatic rings. The van der Waals surface area contributed by atoms with Gasteiger partial charge in [0.1, 0.15) is 6.04 Å². The highest BCUT2D eigenvalue weighted by atomic mass is 35.5. The Balaban J connectivity index is 1.59. The Morgan fingerprint density at radius 1 is 1.00 bits per heavy atom. The Kier molecular flexibility index (Phi) is 6.94. The summed E-state index contributed by atoms with van der Waals surface area (Å²) in [6, 6.07) is 21.9. The van der Waals surface area contributed by atoms with Crippen LogP contribution in [-0.4, -0.2) is 38.8 Å². The van der Waals surface area contributed by atoms with Gasteiger partial charge in [-0.2, -0.15) is 0 Å². The summed E-state index contributed by atoms with van der Waals surface area (Å²) in [4.78, 5) is 45.2. The van der Waals surface area contributed by atoms with Crippen LogP contribution in [-0.2, 0) is 17.8 Å². The number of amides is 2. The quantitative estimate of drug-likeness (QED) is 0.340. The van der Waals surface area contributed by atoms with Gasteiger partial charge in [-0.15, -0.1) is 0 Å². The largest absolute Gasteiger partial charge is 0.478 e. The lowest BCUT2D eigenvalue weighted by atomic mass is 9.95. The minimum atomic E-state index is -1.04. The highest BCUT2D eigenvalue weighted by molar-refractivity contribution is 6.31. The summed E-state index contributed by atoms with van der Waals surface area (Å²) in [6.07, 6.45) is 1.85. The number of fused-ring (bicyclic) bond motifs is 1. The number of nitrogens with one attached hydrogen (secondary N) is 1. The second-order valence-electron chi connectivity index (χ2n) is 9.21. The first-order chi connectivity index (χ1) is 18.3. The Morgan fingerprint density at radius 3 is 2.58 bits per heavy atom. The minimum Gasteiger partial charge on any atom is -0.478 e. The fraction of sp³-hybridized carbons (Fsp3) is 0.133. The summed E-state index contributed by atoms with van der Waals surface area (Å²) in [5.74, 6) is -1.74. The van der Waals surface area contributed by atoms with E-state index in [1.165, 1.54) is 4.90 Å². The third kappa shape index (κ3) is 5.14. The van der Waals surface area contributed by atoms with E-state index >= 15 is 0 Å². The number of carboxylic acids is 1. The molecule has 0 saturated carbocycles. The van der Waals surface area contributed by atoms with Gasteiger partial charge in [0.15, 0.2) is 0 Å². The van der Waals surface area contributed by atoms with Gasteiger partial charge in [0.25, 0.3) is 5.91 Å². The molecule has 0 fully saturated rings. The van der Waals surface area contributed by atoms with Gasteiger partial charge in [-0.1, -0.05) is 53.6 Å². The zero-order chi connectivity index (χ0) is 26.8. The van der Waals surface area contributed by atoms with Gasteiger partial charge in [-0.05, 0) is 66.1 Å². The van der Waals surface area contributed by atoms with Gasteiger partial charge in [-0.3, -0.25) is 14.6 Å². The first-order valence-electron chi connectivity index (χ1n) is 12.0. The maximum atomic E-state index is 13.8. The molecule has 0 saturated heterocycles. The van der Waals surface area contributed by atoms with Crippen LogP contribution in [0.1, 0.15) is 37.5 Å². The molecule has 8 heteroatoms. The number of hydrogen-bond acceptors (Lipinski definition) is 4. The van der Waals surface area contributed by atoms with E-state index in [1.807, 2.05) is 43.3 Å². The summed E-state index contributed by atoms with van der Waals surface area (Å²) >= 11 is 6.15. The number of rotatable bonds is 6. The summed E-state index contributed by atoms with van der Waals surface area (Å²) in [6.45, 7) is 2.03. The molecule has 0 bridgehead atoms. The third-order valence-electron chi connectivity index (χ3n) is 6.53. The number of benzene rings is 3. The maximum Gasteiger partial charge on any atom is 0.336 e. The second kappa shape index (κ2) is 10.5. The summed E-state index contributed by atoms with van der Waals surface area (Å²) in [5.41, 5.74) is 4.48. The Hall–Kier alpha value is -4.49. The van der Waals surface area contributed by atoms with E-state index in [1.54, 1.807) is 48.7 Å². The summed E-state index contributed by atoms with van der Waals surface area (Å²) in [7, 11) is 0. The van der Waals surface area contributed by atoms with Crippen LogP contribution >= 0.6 is 11.6 Å². The molecule has 1 atom stereocenters. The van der Waals surface area contributed by atoms with E-state index < -0.39 is 12.0 Å². The van der Waals surface area contributed by atoms with Gasteiger partial charge < -0.3 is 15.3 Å². The number of carbonyl (C=O) groups excluding carboxylic acids is 2. The van der Waals surface area contributed by atoms with Crippen LogP contribution in [0.3, 0.4) is 0 Å². The van der Waals surface area contributed by atoms with E-state index in [-0.39, 0.29) is 30.3 Å². The highest BCUT2D eigenvalue weighted by Gasteiger charge is 2.36.